The lowest BCUT2D eigenvalue weighted by Crippen LogP contribution is -2.23. The minimum atomic E-state index is -2.90. The first-order valence-electron chi connectivity index (χ1n) is 4.98. The van der Waals surface area contributed by atoms with Gasteiger partial charge in [-0.1, -0.05) is 5.92 Å². The molecule has 0 aromatic rings. The van der Waals surface area contributed by atoms with Crippen molar-refractivity contribution in [3.63, 3.8) is 0 Å². The van der Waals surface area contributed by atoms with E-state index < -0.39 is 5.92 Å². The van der Waals surface area contributed by atoms with E-state index in [1.54, 1.807) is 0 Å². The van der Waals surface area contributed by atoms with Gasteiger partial charge in [-0.05, 0) is 25.7 Å². The Hall–Kier alpha value is -0.950. The van der Waals surface area contributed by atoms with Gasteiger partial charge in [0.1, 0.15) is 6.61 Å². The fourth-order valence-corrected chi connectivity index (χ4v) is 1.38. The van der Waals surface area contributed by atoms with Crippen LogP contribution in [0.2, 0.25) is 0 Å². The molecule has 1 aliphatic rings. The number of ketones is 1. The topological polar surface area (TPSA) is 26.3 Å². The van der Waals surface area contributed by atoms with E-state index in [0.717, 1.165) is 0 Å². The predicted molar refractivity (Wildman–Crippen MR) is 51.6 cm³/mol. The maximum absolute atomic E-state index is 12.9. The molecular weight excluding hydrogens is 202 g/mol. The third kappa shape index (κ3) is 4.89. The Morgan fingerprint density at radius 3 is 2.93 bits per heavy atom. The van der Waals surface area contributed by atoms with Gasteiger partial charge in [-0.15, -0.1) is 0 Å². The molecule has 15 heavy (non-hydrogen) atoms. The number of hydrogen-bond acceptors (Lipinski definition) is 2. The first kappa shape index (κ1) is 12.1. The number of ether oxygens (including phenoxy) is 1. The molecule has 4 heteroatoms. The van der Waals surface area contributed by atoms with Gasteiger partial charge in [0.05, 0.1) is 6.10 Å². The summed E-state index contributed by atoms with van der Waals surface area (Å²) in [5.41, 5.74) is 0. The lowest BCUT2D eigenvalue weighted by atomic mass is 10.0. The molecule has 0 amide bonds. The molecule has 1 aliphatic carbocycles. The summed E-state index contributed by atoms with van der Waals surface area (Å²) in [5, 5.41) is 0. The summed E-state index contributed by atoms with van der Waals surface area (Å²) in [6.07, 6.45) is 0.723. The molecule has 2 nitrogen and oxygen atoms in total. The van der Waals surface area contributed by atoms with E-state index in [0.29, 0.717) is 12.8 Å². The first-order chi connectivity index (χ1) is 6.99. The van der Waals surface area contributed by atoms with Gasteiger partial charge < -0.3 is 4.74 Å². The lowest BCUT2D eigenvalue weighted by molar-refractivity contribution is -0.124. The van der Waals surface area contributed by atoms with E-state index in [4.69, 9.17) is 4.74 Å². The van der Waals surface area contributed by atoms with Gasteiger partial charge in [-0.3, -0.25) is 4.79 Å². The van der Waals surface area contributed by atoms with Crippen LogP contribution in [0.1, 0.15) is 32.6 Å². The van der Waals surface area contributed by atoms with E-state index in [-0.39, 0.29) is 31.3 Å². The Morgan fingerprint density at radius 2 is 2.27 bits per heavy atom. The van der Waals surface area contributed by atoms with Crippen LogP contribution in [0.5, 0.6) is 0 Å². The molecule has 0 heterocycles. The molecule has 0 bridgehead atoms. The van der Waals surface area contributed by atoms with Gasteiger partial charge in [0.15, 0.2) is 5.78 Å². The van der Waals surface area contributed by atoms with Crippen molar-refractivity contribution in [2.75, 3.05) is 6.61 Å². The zero-order valence-corrected chi connectivity index (χ0v) is 8.69. The molecule has 0 saturated heterocycles. The third-order valence-corrected chi connectivity index (χ3v) is 2.17. The van der Waals surface area contributed by atoms with Crippen LogP contribution in [-0.2, 0) is 9.53 Å². The molecular formula is C11H14F2O2. The smallest absolute Gasteiger partial charge is 0.308 e. The molecule has 1 unspecified atom stereocenters. The summed E-state index contributed by atoms with van der Waals surface area (Å²) in [5.74, 6) is 1.38. The quantitative estimate of drug-likeness (QED) is 0.676. The first-order valence-corrected chi connectivity index (χ1v) is 4.98. The standard InChI is InChI=1S/C11H14F2O2/c1-9(14)8-15-10-4-2-3-6-11(12,13)7-5-10/h10H,2,4-5,7-8H2,1H3. The zero-order chi connectivity index (χ0) is 11.3. The van der Waals surface area contributed by atoms with Crippen LogP contribution in [0.15, 0.2) is 0 Å². The molecule has 0 saturated carbocycles. The monoisotopic (exact) mass is 216 g/mol. The highest BCUT2D eigenvalue weighted by molar-refractivity contribution is 5.76. The SMILES string of the molecule is CC(=O)COC1CCC#CC(F)(F)CC1. The third-order valence-electron chi connectivity index (χ3n) is 2.17. The van der Waals surface area contributed by atoms with Crippen LogP contribution in [0, 0.1) is 11.8 Å². The molecule has 1 atom stereocenters. The number of Topliss-reactive ketones (excluding diaryl/α,β-unsaturated/α-hetero) is 1. The Labute approximate surface area is 88.0 Å². The molecule has 0 fully saturated rings. The van der Waals surface area contributed by atoms with Crippen molar-refractivity contribution in [2.45, 2.75) is 44.6 Å². The van der Waals surface area contributed by atoms with Crippen molar-refractivity contribution in [1.82, 2.24) is 0 Å². The van der Waals surface area contributed by atoms with Gasteiger partial charge in [-0.25, -0.2) is 0 Å². The van der Waals surface area contributed by atoms with Gasteiger partial charge in [0, 0.05) is 12.8 Å². The second-order valence-corrected chi connectivity index (χ2v) is 3.72. The maximum Gasteiger partial charge on any atom is 0.308 e. The number of hydrogen-bond donors (Lipinski definition) is 0. The van der Waals surface area contributed by atoms with Crippen LogP contribution in [0.3, 0.4) is 0 Å². The number of carbonyl (C=O) groups is 1. The molecule has 0 radical (unpaired) electrons. The van der Waals surface area contributed by atoms with E-state index in [2.05, 4.69) is 5.92 Å². The van der Waals surface area contributed by atoms with Crippen molar-refractivity contribution in [1.29, 1.82) is 0 Å². The molecule has 0 N–H and O–H groups in total. The van der Waals surface area contributed by atoms with Crippen LogP contribution in [0.25, 0.3) is 0 Å². The number of alkyl halides is 2. The second kappa shape index (κ2) is 5.22. The molecule has 84 valence electrons. The highest BCUT2D eigenvalue weighted by atomic mass is 19.3. The van der Waals surface area contributed by atoms with E-state index in [9.17, 15) is 13.6 Å². The number of rotatable bonds is 3. The summed E-state index contributed by atoms with van der Waals surface area (Å²) >= 11 is 0. The summed E-state index contributed by atoms with van der Waals surface area (Å²) in [4.78, 5) is 10.7. The molecule has 0 aromatic carbocycles. The fraction of sp³-hybridized carbons (Fsp3) is 0.727. The van der Waals surface area contributed by atoms with E-state index in [1.165, 1.54) is 6.92 Å². The Bertz CT molecular complexity index is 289. The van der Waals surface area contributed by atoms with Crippen molar-refractivity contribution in [2.24, 2.45) is 0 Å². The van der Waals surface area contributed by atoms with Gasteiger partial charge >= 0.3 is 5.92 Å². The fourth-order valence-electron chi connectivity index (χ4n) is 1.38. The van der Waals surface area contributed by atoms with Crippen LogP contribution in [0.4, 0.5) is 8.78 Å². The van der Waals surface area contributed by atoms with Crippen molar-refractivity contribution in [3.05, 3.63) is 0 Å². The summed E-state index contributed by atoms with van der Waals surface area (Å²) in [7, 11) is 0. The van der Waals surface area contributed by atoms with Gasteiger partial charge in [-0.2, -0.15) is 8.78 Å². The minimum absolute atomic E-state index is 0.00364. The molecule has 0 spiro atoms. The molecule has 1 rings (SSSR count). The second-order valence-electron chi connectivity index (χ2n) is 3.72. The van der Waals surface area contributed by atoms with Crippen LogP contribution < -0.4 is 0 Å². The summed E-state index contributed by atoms with van der Waals surface area (Å²) in [6, 6.07) is 0. The van der Waals surface area contributed by atoms with Crippen molar-refractivity contribution < 1.29 is 18.3 Å². The Balaban J connectivity index is 2.44. The molecule has 0 aliphatic heterocycles. The normalized spacial score (nSPS) is 24.6. The van der Waals surface area contributed by atoms with Gasteiger partial charge in [0.25, 0.3) is 0 Å². The average Bonchev–Trinajstić information content (AvgIpc) is 2.12. The van der Waals surface area contributed by atoms with E-state index in [1.807, 2.05) is 5.92 Å². The van der Waals surface area contributed by atoms with Crippen molar-refractivity contribution >= 4 is 5.78 Å². The largest absolute Gasteiger partial charge is 0.370 e. The maximum atomic E-state index is 12.9. The summed E-state index contributed by atoms with van der Waals surface area (Å²) in [6.45, 7) is 1.42. The summed E-state index contributed by atoms with van der Waals surface area (Å²) < 4.78 is 31.1. The van der Waals surface area contributed by atoms with Gasteiger partial charge in [0.2, 0.25) is 0 Å². The van der Waals surface area contributed by atoms with E-state index >= 15 is 0 Å². The predicted octanol–water partition coefficient (Wildman–Crippen LogP) is 2.17. The number of halogens is 2. The minimum Gasteiger partial charge on any atom is -0.370 e. The zero-order valence-electron chi connectivity index (χ0n) is 8.69. The van der Waals surface area contributed by atoms with Crippen LogP contribution >= 0.6 is 0 Å². The highest BCUT2D eigenvalue weighted by Gasteiger charge is 2.28. The molecule has 0 aromatic heterocycles. The number of carbonyl (C=O) groups excluding carboxylic acids is 1. The van der Waals surface area contributed by atoms with Crippen molar-refractivity contribution in [3.8, 4) is 11.8 Å². The Morgan fingerprint density at radius 1 is 1.53 bits per heavy atom. The average molecular weight is 216 g/mol. The lowest BCUT2D eigenvalue weighted by Gasteiger charge is -2.19. The van der Waals surface area contributed by atoms with Crippen LogP contribution in [-0.4, -0.2) is 24.4 Å². The Kier molecular flexibility index (Phi) is 4.22. The highest BCUT2D eigenvalue weighted by Crippen LogP contribution is 2.24.